The highest BCUT2D eigenvalue weighted by Gasteiger charge is 2.18. The van der Waals surface area contributed by atoms with Crippen LogP contribution in [0.1, 0.15) is 21.5 Å². The standard InChI is InChI=1S/C15H10FN3O3/c1-9-2-5-13(14(6-9)19(21)22)18-15(20)11-4-3-10(8-17)7-12(11)16/h2-7H,1H3,(H,18,20). The molecule has 0 aliphatic heterocycles. The van der Waals surface area contributed by atoms with Crippen LogP contribution in [0, 0.1) is 34.2 Å². The molecule has 2 aromatic carbocycles. The summed E-state index contributed by atoms with van der Waals surface area (Å²) in [7, 11) is 0. The fourth-order valence-electron chi connectivity index (χ4n) is 1.86. The third-order valence-corrected chi connectivity index (χ3v) is 2.94. The molecule has 1 N–H and O–H groups in total. The molecule has 1 amide bonds. The second-order valence-electron chi connectivity index (χ2n) is 4.54. The molecule has 0 radical (unpaired) electrons. The van der Waals surface area contributed by atoms with E-state index in [1.807, 2.05) is 0 Å². The summed E-state index contributed by atoms with van der Waals surface area (Å²) in [6.45, 7) is 1.68. The zero-order valence-corrected chi connectivity index (χ0v) is 11.5. The smallest absolute Gasteiger partial charge is 0.293 e. The Labute approximate surface area is 125 Å². The van der Waals surface area contributed by atoms with E-state index >= 15 is 0 Å². The summed E-state index contributed by atoms with van der Waals surface area (Å²) >= 11 is 0. The van der Waals surface area contributed by atoms with Gasteiger partial charge in [-0.1, -0.05) is 6.07 Å². The number of carbonyl (C=O) groups excluding carboxylic acids is 1. The minimum absolute atomic E-state index is 0.0237. The van der Waals surface area contributed by atoms with Crippen molar-refractivity contribution >= 4 is 17.3 Å². The van der Waals surface area contributed by atoms with Gasteiger partial charge in [0, 0.05) is 6.07 Å². The van der Waals surface area contributed by atoms with Crippen molar-refractivity contribution in [2.24, 2.45) is 0 Å². The van der Waals surface area contributed by atoms with Crippen LogP contribution >= 0.6 is 0 Å². The van der Waals surface area contributed by atoms with Gasteiger partial charge in [-0.05, 0) is 36.8 Å². The third-order valence-electron chi connectivity index (χ3n) is 2.94. The minimum atomic E-state index is -0.869. The molecule has 6 nitrogen and oxygen atoms in total. The number of nitriles is 1. The molecule has 0 aliphatic carbocycles. The average Bonchev–Trinajstić information content (AvgIpc) is 2.48. The fraction of sp³-hybridized carbons (Fsp3) is 0.0667. The number of hydrogen-bond acceptors (Lipinski definition) is 4. The lowest BCUT2D eigenvalue weighted by Gasteiger charge is -2.07. The molecule has 2 aromatic rings. The molecule has 0 fully saturated rings. The second-order valence-corrected chi connectivity index (χ2v) is 4.54. The number of anilines is 1. The largest absolute Gasteiger partial charge is 0.316 e. The van der Waals surface area contributed by atoms with E-state index in [0.29, 0.717) is 5.56 Å². The Morgan fingerprint density at radius 1 is 1.32 bits per heavy atom. The van der Waals surface area contributed by atoms with Gasteiger partial charge in [-0.15, -0.1) is 0 Å². The molecule has 110 valence electrons. The van der Waals surface area contributed by atoms with Gasteiger partial charge >= 0.3 is 0 Å². The number of nitro groups is 1. The Morgan fingerprint density at radius 2 is 2.05 bits per heavy atom. The summed E-state index contributed by atoms with van der Waals surface area (Å²) in [6, 6.07) is 9.42. The Kier molecular flexibility index (Phi) is 4.13. The molecule has 0 saturated heterocycles. The van der Waals surface area contributed by atoms with Crippen LogP contribution in [-0.2, 0) is 0 Å². The van der Waals surface area contributed by atoms with Crippen molar-refractivity contribution in [3.05, 3.63) is 69.0 Å². The van der Waals surface area contributed by atoms with Crippen molar-refractivity contribution in [3.63, 3.8) is 0 Å². The highest BCUT2D eigenvalue weighted by atomic mass is 19.1. The Bertz CT molecular complexity index is 812. The molecular formula is C15H10FN3O3. The number of rotatable bonds is 3. The molecule has 0 spiro atoms. The first-order valence-electron chi connectivity index (χ1n) is 6.18. The number of aryl methyl sites for hydroxylation is 1. The van der Waals surface area contributed by atoms with E-state index in [1.54, 1.807) is 19.1 Å². The first-order valence-corrected chi connectivity index (χ1v) is 6.18. The van der Waals surface area contributed by atoms with Crippen molar-refractivity contribution in [3.8, 4) is 6.07 Å². The number of amides is 1. The van der Waals surface area contributed by atoms with Crippen LogP contribution in [0.25, 0.3) is 0 Å². The predicted octanol–water partition coefficient (Wildman–Crippen LogP) is 3.17. The average molecular weight is 299 g/mol. The van der Waals surface area contributed by atoms with Crippen LogP contribution in [-0.4, -0.2) is 10.8 Å². The zero-order valence-electron chi connectivity index (χ0n) is 11.5. The van der Waals surface area contributed by atoms with Crippen LogP contribution in [0.4, 0.5) is 15.8 Å². The molecule has 0 bridgehead atoms. The van der Waals surface area contributed by atoms with Gasteiger partial charge < -0.3 is 5.32 Å². The van der Waals surface area contributed by atoms with Crippen LogP contribution in [0.15, 0.2) is 36.4 Å². The molecule has 0 aromatic heterocycles. The van der Waals surface area contributed by atoms with E-state index in [2.05, 4.69) is 5.32 Å². The van der Waals surface area contributed by atoms with Crippen LogP contribution in [0.2, 0.25) is 0 Å². The molecule has 2 rings (SSSR count). The molecule has 0 saturated carbocycles. The second kappa shape index (κ2) is 6.01. The van der Waals surface area contributed by atoms with Crippen molar-refractivity contribution < 1.29 is 14.1 Å². The maximum Gasteiger partial charge on any atom is 0.293 e. The van der Waals surface area contributed by atoms with E-state index in [4.69, 9.17) is 5.26 Å². The first kappa shape index (κ1) is 15.1. The maximum atomic E-state index is 13.8. The van der Waals surface area contributed by atoms with Crippen molar-refractivity contribution in [2.75, 3.05) is 5.32 Å². The molecule has 0 aliphatic rings. The number of nitrogens with zero attached hydrogens (tertiary/aromatic N) is 2. The SMILES string of the molecule is Cc1ccc(NC(=O)c2ccc(C#N)cc2F)c([N+](=O)[O-])c1. The van der Waals surface area contributed by atoms with Crippen molar-refractivity contribution in [2.45, 2.75) is 6.92 Å². The summed E-state index contributed by atoms with van der Waals surface area (Å²) in [5.41, 5.74) is 0.144. The van der Waals surface area contributed by atoms with Crippen LogP contribution in [0.5, 0.6) is 0 Å². The predicted molar refractivity (Wildman–Crippen MR) is 76.9 cm³/mol. The van der Waals surface area contributed by atoms with E-state index in [-0.39, 0.29) is 22.5 Å². The Morgan fingerprint density at radius 3 is 2.64 bits per heavy atom. The van der Waals surface area contributed by atoms with Crippen molar-refractivity contribution in [1.29, 1.82) is 5.26 Å². The van der Waals surface area contributed by atoms with Gasteiger partial charge in [0.1, 0.15) is 11.5 Å². The van der Waals surface area contributed by atoms with Gasteiger partial charge in [-0.2, -0.15) is 5.26 Å². The van der Waals surface area contributed by atoms with Gasteiger partial charge in [-0.3, -0.25) is 14.9 Å². The lowest BCUT2D eigenvalue weighted by Crippen LogP contribution is -2.15. The van der Waals surface area contributed by atoms with Gasteiger partial charge in [0.25, 0.3) is 11.6 Å². The maximum absolute atomic E-state index is 13.8. The lowest BCUT2D eigenvalue weighted by atomic mass is 10.1. The van der Waals surface area contributed by atoms with Crippen molar-refractivity contribution in [1.82, 2.24) is 0 Å². The van der Waals surface area contributed by atoms with Gasteiger partial charge in [0.05, 0.1) is 22.1 Å². The number of benzene rings is 2. The van der Waals surface area contributed by atoms with E-state index in [9.17, 15) is 19.3 Å². The normalized spacial score (nSPS) is 9.86. The van der Waals surface area contributed by atoms with E-state index < -0.39 is 16.6 Å². The van der Waals surface area contributed by atoms with E-state index in [1.165, 1.54) is 18.2 Å². The minimum Gasteiger partial charge on any atom is -0.316 e. The number of halogens is 1. The molecule has 22 heavy (non-hydrogen) atoms. The zero-order chi connectivity index (χ0) is 16.3. The molecular weight excluding hydrogens is 289 g/mol. The topological polar surface area (TPSA) is 96.0 Å². The summed E-state index contributed by atoms with van der Waals surface area (Å²) in [5.74, 6) is -1.69. The summed E-state index contributed by atoms with van der Waals surface area (Å²) < 4.78 is 13.8. The van der Waals surface area contributed by atoms with Crippen LogP contribution < -0.4 is 5.32 Å². The Hall–Kier alpha value is -3.27. The highest BCUT2D eigenvalue weighted by Crippen LogP contribution is 2.26. The van der Waals surface area contributed by atoms with Gasteiger partial charge in [-0.25, -0.2) is 4.39 Å². The highest BCUT2D eigenvalue weighted by molar-refractivity contribution is 6.05. The number of nitro benzene ring substituents is 1. The Balaban J connectivity index is 2.34. The summed E-state index contributed by atoms with van der Waals surface area (Å²) in [6.07, 6.45) is 0. The summed E-state index contributed by atoms with van der Waals surface area (Å²) in [5, 5.41) is 22.0. The lowest BCUT2D eigenvalue weighted by molar-refractivity contribution is -0.384. The monoisotopic (exact) mass is 299 g/mol. The quantitative estimate of drug-likeness (QED) is 0.695. The molecule has 0 atom stereocenters. The van der Waals surface area contributed by atoms with Gasteiger partial charge in [0.15, 0.2) is 0 Å². The van der Waals surface area contributed by atoms with E-state index in [0.717, 1.165) is 12.1 Å². The van der Waals surface area contributed by atoms with Crippen LogP contribution in [0.3, 0.4) is 0 Å². The molecule has 0 heterocycles. The van der Waals surface area contributed by atoms with Gasteiger partial charge in [0.2, 0.25) is 0 Å². The molecule has 7 heteroatoms. The number of nitrogens with one attached hydrogen (secondary N) is 1. The number of hydrogen-bond donors (Lipinski definition) is 1. The molecule has 0 unspecified atom stereocenters. The first-order chi connectivity index (χ1) is 10.4. The summed E-state index contributed by atoms with van der Waals surface area (Å²) in [4.78, 5) is 22.4. The fourth-order valence-corrected chi connectivity index (χ4v) is 1.86. The number of carbonyl (C=O) groups is 1. The third kappa shape index (κ3) is 3.07.